The third kappa shape index (κ3) is 2.97. The predicted octanol–water partition coefficient (Wildman–Crippen LogP) is 2.98. The molecule has 2 aromatic rings. The maximum atomic E-state index is 8.84. The fourth-order valence-electron chi connectivity index (χ4n) is 2.79. The van der Waals surface area contributed by atoms with Gasteiger partial charge in [-0.15, -0.1) is 0 Å². The van der Waals surface area contributed by atoms with Crippen LogP contribution in [0.1, 0.15) is 24.4 Å². The Morgan fingerprint density at radius 2 is 2.18 bits per heavy atom. The number of methoxy groups -OCH3 is 1. The molecule has 1 saturated heterocycles. The summed E-state index contributed by atoms with van der Waals surface area (Å²) in [5, 5.41) is 13.3. The van der Waals surface area contributed by atoms with Crippen molar-refractivity contribution in [3.8, 4) is 22.9 Å². The van der Waals surface area contributed by atoms with E-state index in [1.807, 2.05) is 29.1 Å². The van der Waals surface area contributed by atoms with Gasteiger partial charge in [-0.25, -0.2) is 0 Å². The Morgan fingerprint density at radius 1 is 1.36 bits per heavy atom. The van der Waals surface area contributed by atoms with Crippen LogP contribution in [0.2, 0.25) is 0 Å². The van der Waals surface area contributed by atoms with Crippen molar-refractivity contribution in [2.24, 2.45) is 0 Å². The highest BCUT2D eigenvalue weighted by Gasteiger charge is 2.17. The molecule has 3 rings (SSSR count). The standard InChI is InChI=1S/C17H19N3O2/c1-21-17-10-14(3-2-13(17)4-7-18)15-11-19-20(12-15)16-5-8-22-9-6-16/h2-3,10-12,16H,4-6,8-9H2,1H3. The molecule has 1 fully saturated rings. The van der Waals surface area contributed by atoms with Crippen molar-refractivity contribution in [1.29, 1.82) is 5.26 Å². The number of nitrogens with zero attached hydrogens (tertiary/aromatic N) is 3. The summed E-state index contributed by atoms with van der Waals surface area (Å²) in [6, 6.07) is 8.51. The molecule has 0 aliphatic carbocycles. The quantitative estimate of drug-likeness (QED) is 0.870. The van der Waals surface area contributed by atoms with E-state index in [1.54, 1.807) is 7.11 Å². The molecule has 1 aromatic carbocycles. The van der Waals surface area contributed by atoms with Crippen LogP contribution >= 0.6 is 0 Å². The molecule has 0 radical (unpaired) electrons. The number of hydrogen-bond donors (Lipinski definition) is 0. The molecule has 22 heavy (non-hydrogen) atoms. The molecule has 1 aliphatic rings. The van der Waals surface area contributed by atoms with E-state index in [0.717, 1.165) is 48.5 Å². The molecule has 0 N–H and O–H groups in total. The SMILES string of the molecule is COc1cc(-c2cnn(C3CCOCC3)c2)ccc1CC#N. The number of hydrogen-bond acceptors (Lipinski definition) is 4. The van der Waals surface area contributed by atoms with Crippen LogP contribution in [0.4, 0.5) is 0 Å². The minimum atomic E-state index is 0.352. The first-order valence-electron chi connectivity index (χ1n) is 7.48. The first-order chi connectivity index (χ1) is 10.8. The Labute approximate surface area is 130 Å². The van der Waals surface area contributed by atoms with Gasteiger partial charge in [0.05, 0.1) is 31.8 Å². The predicted molar refractivity (Wildman–Crippen MR) is 82.6 cm³/mol. The van der Waals surface area contributed by atoms with E-state index >= 15 is 0 Å². The minimum absolute atomic E-state index is 0.352. The molecule has 0 unspecified atom stereocenters. The maximum absolute atomic E-state index is 8.84. The lowest BCUT2D eigenvalue weighted by atomic mass is 10.0. The van der Waals surface area contributed by atoms with Gasteiger partial charge in [0.1, 0.15) is 5.75 Å². The lowest BCUT2D eigenvalue weighted by Crippen LogP contribution is -2.19. The van der Waals surface area contributed by atoms with Crippen LogP contribution in [0.3, 0.4) is 0 Å². The molecule has 0 saturated carbocycles. The Morgan fingerprint density at radius 3 is 2.91 bits per heavy atom. The molecule has 114 valence electrons. The van der Waals surface area contributed by atoms with Gasteiger partial charge in [0.2, 0.25) is 0 Å². The molecule has 0 amide bonds. The van der Waals surface area contributed by atoms with E-state index in [0.29, 0.717) is 12.5 Å². The lowest BCUT2D eigenvalue weighted by Gasteiger charge is -2.22. The Balaban J connectivity index is 1.85. The molecular formula is C17H19N3O2. The Kier molecular flexibility index (Phi) is 4.40. The van der Waals surface area contributed by atoms with Gasteiger partial charge >= 0.3 is 0 Å². The third-order valence-corrected chi connectivity index (χ3v) is 4.06. The monoisotopic (exact) mass is 297 g/mol. The van der Waals surface area contributed by atoms with Crippen LogP contribution in [0.5, 0.6) is 5.75 Å². The van der Waals surface area contributed by atoms with Gasteiger partial charge < -0.3 is 9.47 Å². The molecule has 0 spiro atoms. The van der Waals surface area contributed by atoms with E-state index in [4.69, 9.17) is 14.7 Å². The van der Waals surface area contributed by atoms with E-state index in [2.05, 4.69) is 17.4 Å². The number of ether oxygens (including phenoxy) is 2. The average Bonchev–Trinajstić information content (AvgIpc) is 3.06. The normalized spacial score (nSPS) is 15.5. The van der Waals surface area contributed by atoms with Gasteiger partial charge in [0.25, 0.3) is 0 Å². The zero-order valence-electron chi connectivity index (χ0n) is 12.7. The highest BCUT2D eigenvalue weighted by atomic mass is 16.5. The fraction of sp³-hybridized carbons (Fsp3) is 0.412. The van der Waals surface area contributed by atoms with Crippen LogP contribution < -0.4 is 4.74 Å². The van der Waals surface area contributed by atoms with Crippen LogP contribution in [-0.4, -0.2) is 30.1 Å². The van der Waals surface area contributed by atoms with Gasteiger partial charge in [-0.1, -0.05) is 12.1 Å². The van der Waals surface area contributed by atoms with Gasteiger partial charge in [0, 0.05) is 30.5 Å². The van der Waals surface area contributed by atoms with Crippen LogP contribution in [-0.2, 0) is 11.2 Å². The first-order valence-corrected chi connectivity index (χ1v) is 7.48. The van der Waals surface area contributed by atoms with Crippen molar-refractivity contribution in [2.45, 2.75) is 25.3 Å². The van der Waals surface area contributed by atoms with Gasteiger partial charge in [0.15, 0.2) is 0 Å². The number of aromatic nitrogens is 2. The molecule has 5 heteroatoms. The number of benzene rings is 1. The summed E-state index contributed by atoms with van der Waals surface area (Å²) in [6.45, 7) is 1.60. The second-order valence-corrected chi connectivity index (χ2v) is 5.41. The fourth-order valence-corrected chi connectivity index (χ4v) is 2.79. The van der Waals surface area contributed by atoms with Crippen molar-refractivity contribution < 1.29 is 9.47 Å². The molecule has 1 aromatic heterocycles. The van der Waals surface area contributed by atoms with E-state index in [-0.39, 0.29) is 0 Å². The van der Waals surface area contributed by atoms with E-state index in [9.17, 15) is 0 Å². The Hall–Kier alpha value is -2.32. The lowest BCUT2D eigenvalue weighted by molar-refractivity contribution is 0.0662. The smallest absolute Gasteiger partial charge is 0.123 e. The van der Waals surface area contributed by atoms with Crippen molar-refractivity contribution in [2.75, 3.05) is 20.3 Å². The van der Waals surface area contributed by atoms with Crippen LogP contribution in [0.15, 0.2) is 30.6 Å². The van der Waals surface area contributed by atoms with E-state index in [1.165, 1.54) is 0 Å². The maximum Gasteiger partial charge on any atom is 0.123 e. The second kappa shape index (κ2) is 6.63. The van der Waals surface area contributed by atoms with Crippen molar-refractivity contribution in [1.82, 2.24) is 9.78 Å². The van der Waals surface area contributed by atoms with Gasteiger partial charge in [-0.2, -0.15) is 10.4 Å². The molecule has 2 heterocycles. The van der Waals surface area contributed by atoms with Crippen LogP contribution in [0, 0.1) is 11.3 Å². The third-order valence-electron chi connectivity index (χ3n) is 4.06. The topological polar surface area (TPSA) is 60.1 Å². The summed E-state index contributed by atoms with van der Waals surface area (Å²) >= 11 is 0. The summed E-state index contributed by atoms with van der Waals surface area (Å²) in [7, 11) is 1.63. The zero-order valence-corrected chi connectivity index (χ0v) is 12.7. The zero-order chi connectivity index (χ0) is 15.4. The summed E-state index contributed by atoms with van der Waals surface area (Å²) < 4.78 is 12.8. The minimum Gasteiger partial charge on any atom is -0.496 e. The van der Waals surface area contributed by atoms with Crippen molar-refractivity contribution >= 4 is 0 Å². The number of rotatable bonds is 4. The Bertz CT molecular complexity index is 681. The average molecular weight is 297 g/mol. The molecular weight excluding hydrogens is 278 g/mol. The molecule has 1 aliphatic heterocycles. The summed E-state index contributed by atoms with van der Waals surface area (Å²) in [5.74, 6) is 0.748. The first kappa shape index (κ1) is 14.6. The van der Waals surface area contributed by atoms with Crippen LogP contribution in [0.25, 0.3) is 11.1 Å². The highest BCUT2D eigenvalue weighted by molar-refractivity contribution is 5.65. The molecule has 0 atom stereocenters. The van der Waals surface area contributed by atoms with Gasteiger partial charge in [-0.3, -0.25) is 4.68 Å². The summed E-state index contributed by atoms with van der Waals surface area (Å²) in [4.78, 5) is 0. The summed E-state index contributed by atoms with van der Waals surface area (Å²) in [6.07, 6.45) is 6.32. The largest absolute Gasteiger partial charge is 0.496 e. The van der Waals surface area contributed by atoms with Gasteiger partial charge in [-0.05, 0) is 24.5 Å². The molecule has 5 nitrogen and oxygen atoms in total. The van der Waals surface area contributed by atoms with E-state index < -0.39 is 0 Å². The summed E-state index contributed by atoms with van der Waals surface area (Å²) in [5.41, 5.74) is 3.02. The van der Waals surface area contributed by atoms with Crippen molar-refractivity contribution in [3.63, 3.8) is 0 Å². The molecule has 0 bridgehead atoms. The highest BCUT2D eigenvalue weighted by Crippen LogP contribution is 2.29. The number of nitriles is 1. The van der Waals surface area contributed by atoms with Crippen molar-refractivity contribution in [3.05, 3.63) is 36.2 Å². The second-order valence-electron chi connectivity index (χ2n) is 5.41.